The smallest absolute Gasteiger partial charge is 0.307 e. The van der Waals surface area contributed by atoms with Crippen LogP contribution >= 0.6 is 0 Å². The van der Waals surface area contributed by atoms with Gasteiger partial charge in [0.25, 0.3) is 0 Å². The summed E-state index contributed by atoms with van der Waals surface area (Å²) >= 11 is 0. The van der Waals surface area contributed by atoms with Gasteiger partial charge in [0.15, 0.2) is 0 Å². The lowest BCUT2D eigenvalue weighted by molar-refractivity contribution is -0.227. The molecule has 8 saturated carbocycles. The average Bonchev–Trinajstić information content (AvgIpc) is 1.36. The molecule has 0 aromatic rings. The van der Waals surface area contributed by atoms with Gasteiger partial charge in [-0.3, -0.25) is 19.2 Å². The van der Waals surface area contributed by atoms with Gasteiger partial charge < -0.3 is 72.5 Å². The molecule has 18 nitrogen and oxygen atoms in total. The molecule has 592 valence electrons. The Hall–Kier alpha value is -2.52. The molecular weight excluding hydrogens is 1280 g/mol. The van der Waals surface area contributed by atoms with Crippen molar-refractivity contribution in [3.63, 3.8) is 0 Å². The first-order valence-corrected chi connectivity index (χ1v) is 42.7. The van der Waals surface area contributed by atoms with E-state index in [1.807, 2.05) is 0 Å². The predicted octanol–water partition coefficient (Wildman–Crippen LogP) is 14.1. The Morgan fingerprint density at radius 3 is 1.44 bits per heavy atom. The number of nitrogens with two attached hydrogens (primary N) is 6. The van der Waals surface area contributed by atoms with E-state index in [-0.39, 0.29) is 133 Å². The first-order valence-electron chi connectivity index (χ1n) is 42.7. The lowest BCUT2D eigenvalue weighted by atomic mass is 9.43. The number of nitrogens with zero attached hydrogens (tertiary/aromatic N) is 1. The summed E-state index contributed by atoms with van der Waals surface area (Å²) < 4.78 is 44.8. The molecule has 8 aliphatic carbocycles. The normalized spacial score (nSPS) is 35.1. The zero-order valence-electron chi connectivity index (χ0n) is 66.4. The first-order chi connectivity index (χ1) is 49.2. The SMILES string of the molecule is CCCCCCCCOC(=O)CC[C@@H](C)[C@H]1CC[C@H]2[C@@H]3[C@H](OC(=O)CCN)C[C@@H]4C[C@H](OC(=O)CCN)CC[C@]4(C)[C@H]3C[C@H](OC(=O)CCN)[C@]12C.CCCCCN(CCCCC)CCC[C@@H](C)[C@H]1CC[C@H]2[C@@H]3[C@H](OCCCN)C[C@@H]4C[C@H](OCCCN)CC[C@]4(C)[C@H]3C[C@H](OCCCN)[C@]12C. The van der Waals surface area contributed by atoms with E-state index in [0.29, 0.717) is 118 Å². The van der Waals surface area contributed by atoms with Crippen molar-refractivity contribution in [2.24, 2.45) is 127 Å². The van der Waals surface area contributed by atoms with E-state index < -0.39 is 0 Å². The Labute approximate surface area is 620 Å². The fourth-order valence-electron chi connectivity index (χ4n) is 23.1. The van der Waals surface area contributed by atoms with Crippen LogP contribution in [0.4, 0.5) is 0 Å². The maximum Gasteiger partial charge on any atom is 0.307 e. The van der Waals surface area contributed by atoms with Crippen molar-refractivity contribution in [3.8, 4) is 0 Å². The molecule has 8 rings (SSSR count). The predicted molar refractivity (Wildman–Crippen MR) is 409 cm³/mol. The summed E-state index contributed by atoms with van der Waals surface area (Å²) in [5.41, 5.74) is 35.1. The Balaban J connectivity index is 0.000000286. The summed E-state index contributed by atoms with van der Waals surface area (Å²) in [6.45, 7) is 31.1. The van der Waals surface area contributed by atoms with E-state index in [9.17, 15) is 19.2 Å². The minimum atomic E-state index is -0.371. The molecule has 0 heterocycles. The van der Waals surface area contributed by atoms with E-state index in [2.05, 4.69) is 67.2 Å². The summed E-state index contributed by atoms with van der Waals surface area (Å²) in [5, 5.41) is 0. The third kappa shape index (κ3) is 22.4. The summed E-state index contributed by atoms with van der Waals surface area (Å²) in [5.74, 6) is 3.92. The summed E-state index contributed by atoms with van der Waals surface area (Å²) in [6.07, 6.45) is 36.3. The molecule has 102 heavy (non-hydrogen) atoms. The molecule has 22 atom stereocenters. The van der Waals surface area contributed by atoms with Crippen molar-refractivity contribution in [3.05, 3.63) is 0 Å². The van der Waals surface area contributed by atoms with Crippen LogP contribution in [0, 0.1) is 92.7 Å². The van der Waals surface area contributed by atoms with Gasteiger partial charge in [0.1, 0.15) is 18.3 Å². The zero-order chi connectivity index (χ0) is 73.9. The van der Waals surface area contributed by atoms with Gasteiger partial charge in [-0.25, -0.2) is 0 Å². The Morgan fingerprint density at radius 1 is 0.402 bits per heavy atom. The Morgan fingerprint density at radius 2 is 0.863 bits per heavy atom. The van der Waals surface area contributed by atoms with Crippen molar-refractivity contribution in [1.29, 1.82) is 0 Å². The standard InChI is InChI=1S/C43H84N4O3.C41H71N3O8/c1-6-8-10-24-47(25-11-9-7-2)26-12-16-33(3)36-17-18-37-41-38(32-40(43(36,37)5)50-29-15-23-46)42(4)20-19-35(48-27-13-21-44)30-34(42)31-39(41)49-28-14-22-45;1-5-6-7-8-9-10-23-49-35(45)14-11-27(2)30-12-13-31-39-32(26-34(41(30,31)4)52-38(48)18-22-44)40(3)19-15-29(50-36(46)16-20-42)24-28(40)25-33(39)51-37(47)17-21-43/h33-41H,6-32,44-46H2,1-5H3;27-34,39H,5-26,42-44H2,1-4H3/t33-,34+,35-,36-,37+,38+,39-,40+,41+,42+,43-;27-,28+,29-,30-,31+,32+,33-,34+,39+,40+,41-/m11/s1. The molecule has 0 saturated heterocycles. The van der Waals surface area contributed by atoms with Crippen LogP contribution < -0.4 is 34.4 Å². The Kier molecular flexibility index (Phi) is 37.1. The molecule has 0 aromatic heterocycles. The number of carbonyl (C=O) groups excluding carboxylic acids is 4. The molecule has 0 spiro atoms. The number of rotatable bonds is 45. The molecule has 0 aliphatic heterocycles. The number of hydrogen-bond acceptors (Lipinski definition) is 18. The monoisotopic (exact) mass is 1440 g/mol. The molecule has 18 heteroatoms. The van der Waals surface area contributed by atoms with Crippen LogP contribution in [-0.4, -0.2) is 151 Å². The second-order valence-corrected chi connectivity index (χ2v) is 34.9. The highest BCUT2D eigenvalue weighted by molar-refractivity contribution is 5.71. The fraction of sp³-hybridized carbons (Fsp3) is 0.952. The highest BCUT2D eigenvalue weighted by Gasteiger charge is 2.69. The van der Waals surface area contributed by atoms with Gasteiger partial charge in [0.05, 0.1) is 44.2 Å². The highest BCUT2D eigenvalue weighted by Crippen LogP contribution is 2.72. The number of hydrogen-bond donors (Lipinski definition) is 6. The molecule has 12 N–H and O–H groups in total. The summed E-state index contributed by atoms with van der Waals surface area (Å²) in [4.78, 5) is 54.4. The lowest BCUT2D eigenvalue weighted by Gasteiger charge is -2.65. The van der Waals surface area contributed by atoms with Crippen LogP contribution in [-0.2, 0) is 52.3 Å². The van der Waals surface area contributed by atoms with E-state index in [0.717, 1.165) is 84.0 Å². The number of fused-ring (bicyclic) bond motifs is 10. The third-order valence-corrected chi connectivity index (χ3v) is 28.7. The number of unbranched alkanes of at least 4 members (excludes halogenated alkanes) is 9. The van der Waals surface area contributed by atoms with Crippen LogP contribution in [0.15, 0.2) is 0 Å². The van der Waals surface area contributed by atoms with Crippen LogP contribution in [0.3, 0.4) is 0 Å². The molecule has 0 aromatic carbocycles. The van der Waals surface area contributed by atoms with Gasteiger partial charge >= 0.3 is 23.9 Å². The number of ether oxygens (including phenoxy) is 7. The minimum absolute atomic E-state index is 0.0910. The lowest BCUT2D eigenvalue weighted by Crippen LogP contribution is -2.63. The van der Waals surface area contributed by atoms with E-state index in [1.54, 1.807) is 0 Å². The molecule has 8 fully saturated rings. The van der Waals surface area contributed by atoms with E-state index in [4.69, 9.17) is 67.6 Å². The average molecular weight is 1440 g/mol. The van der Waals surface area contributed by atoms with Crippen LogP contribution in [0.1, 0.15) is 293 Å². The summed E-state index contributed by atoms with van der Waals surface area (Å²) in [6, 6.07) is 0. The van der Waals surface area contributed by atoms with Gasteiger partial charge in [-0.15, -0.1) is 0 Å². The van der Waals surface area contributed by atoms with Crippen molar-refractivity contribution in [2.45, 2.75) is 330 Å². The van der Waals surface area contributed by atoms with Crippen molar-refractivity contribution in [1.82, 2.24) is 4.90 Å². The van der Waals surface area contributed by atoms with E-state index >= 15 is 0 Å². The van der Waals surface area contributed by atoms with Crippen molar-refractivity contribution >= 4 is 23.9 Å². The maximum absolute atomic E-state index is 13.2. The number of carbonyl (C=O) groups is 4. The zero-order valence-corrected chi connectivity index (χ0v) is 66.4. The van der Waals surface area contributed by atoms with Crippen molar-refractivity contribution in [2.75, 3.05) is 85.3 Å². The topological polar surface area (TPSA) is 292 Å². The first kappa shape index (κ1) is 86.7. The van der Waals surface area contributed by atoms with Gasteiger partial charge in [-0.05, 0) is 263 Å². The van der Waals surface area contributed by atoms with Crippen LogP contribution in [0.5, 0.6) is 0 Å². The second-order valence-electron chi connectivity index (χ2n) is 34.9. The fourth-order valence-corrected chi connectivity index (χ4v) is 23.1. The third-order valence-electron chi connectivity index (χ3n) is 28.7. The van der Waals surface area contributed by atoms with Crippen molar-refractivity contribution < 1.29 is 52.3 Å². The number of esters is 4. The van der Waals surface area contributed by atoms with Crippen LogP contribution in [0.25, 0.3) is 0 Å². The molecule has 0 unspecified atom stereocenters. The second kappa shape index (κ2) is 43.6. The maximum atomic E-state index is 13.2. The Bertz CT molecular complexity index is 2420. The molecule has 8 aliphatic rings. The molecular formula is C84H155N7O11. The van der Waals surface area contributed by atoms with E-state index in [1.165, 1.54) is 135 Å². The van der Waals surface area contributed by atoms with Gasteiger partial charge in [0, 0.05) is 62.6 Å². The van der Waals surface area contributed by atoms with Gasteiger partial charge in [-0.1, -0.05) is 120 Å². The van der Waals surface area contributed by atoms with Crippen LogP contribution in [0.2, 0.25) is 0 Å². The quantitative estimate of drug-likeness (QED) is 0.0188. The molecule has 0 amide bonds. The minimum Gasteiger partial charge on any atom is -0.466 e. The van der Waals surface area contributed by atoms with Gasteiger partial charge in [0.2, 0.25) is 0 Å². The highest BCUT2D eigenvalue weighted by atomic mass is 16.6. The molecule has 0 radical (unpaired) electrons. The summed E-state index contributed by atoms with van der Waals surface area (Å²) in [7, 11) is 0. The van der Waals surface area contributed by atoms with Gasteiger partial charge in [-0.2, -0.15) is 0 Å². The largest absolute Gasteiger partial charge is 0.466 e. The molecule has 0 bridgehead atoms.